The van der Waals surface area contributed by atoms with Gasteiger partial charge in [-0.05, 0) is 48.6 Å². The fourth-order valence-corrected chi connectivity index (χ4v) is 2.10. The lowest BCUT2D eigenvalue weighted by Gasteiger charge is -2.05. The predicted molar refractivity (Wildman–Crippen MR) is 83.3 cm³/mol. The fraction of sp³-hybridized carbons (Fsp3) is 0.294. The predicted octanol–water partition coefficient (Wildman–Crippen LogP) is 3.84. The summed E-state index contributed by atoms with van der Waals surface area (Å²) in [5.74, 6) is -0.156. The Morgan fingerprint density at radius 3 is 2.62 bits per heavy atom. The quantitative estimate of drug-likeness (QED) is 0.576. The fourth-order valence-electron chi connectivity index (χ4n) is 1.98. The van der Waals surface area contributed by atoms with E-state index in [4.69, 9.17) is 16.3 Å². The first-order chi connectivity index (χ1) is 10.2. The molecule has 0 radical (unpaired) electrons. The Morgan fingerprint density at radius 1 is 1.10 bits per heavy atom. The lowest BCUT2D eigenvalue weighted by molar-refractivity contribution is -0.143. The molecule has 0 aliphatic heterocycles. The minimum absolute atomic E-state index is 0.156. The Bertz CT molecular complexity index is 555. The molecule has 4 heteroatoms. The number of nitrogens with zero attached hydrogens (tertiary/aromatic N) is 1. The third-order valence-corrected chi connectivity index (χ3v) is 3.38. The number of rotatable bonds is 7. The lowest BCUT2D eigenvalue weighted by Crippen LogP contribution is -2.07. The van der Waals surface area contributed by atoms with Crippen molar-refractivity contribution in [3.05, 3.63) is 64.9 Å². The maximum Gasteiger partial charge on any atom is 0.306 e. The smallest absolute Gasteiger partial charge is 0.306 e. The molecule has 0 fully saturated rings. The first kappa shape index (κ1) is 15.5. The van der Waals surface area contributed by atoms with Gasteiger partial charge in [0, 0.05) is 23.8 Å². The third-order valence-electron chi connectivity index (χ3n) is 3.13. The van der Waals surface area contributed by atoms with E-state index in [2.05, 4.69) is 4.98 Å². The average molecular weight is 304 g/mol. The molecule has 3 nitrogen and oxygen atoms in total. The van der Waals surface area contributed by atoms with E-state index in [0.29, 0.717) is 24.5 Å². The minimum Gasteiger partial charge on any atom is -0.466 e. The van der Waals surface area contributed by atoms with Crippen LogP contribution >= 0.6 is 11.6 Å². The molecule has 0 aliphatic rings. The number of aromatic nitrogens is 1. The van der Waals surface area contributed by atoms with Crippen LogP contribution in [0.2, 0.25) is 5.02 Å². The van der Waals surface area contributed by atoms with E-state index < -0.39 is 0 Å². The highest BCUT2D eigenvalue weighted by Crippen LogP contribution is 2.11. The van der Waals surface area contributed by atoms with Crippen LogP contribution in [0.15, 0.2) is 48.8 Å². The summed E-state index contributed by atoms with van der Waals surface area (Å²) in [5.41, 5.74) is 2.25. The first-order valence-corrected chi connectivity index (χ1v) is 7.41. The van der Waals surface area contributed by atoms with Crippen LogP contribution in [0.25, 0.3) is 0 Å². The van der Waals surface area contributed by atoms with Gasteiger partial charge in [-0.1, -0.05) is 29.8 Å². The van der Waals surface area contributed by atoms with Gasteiger partial charge < -0.3 is 4.74 Å². The number of hydrogen-bond acceptors (Lipinski definition) is 3. The number of ether oxygens (including phenoxy) is 1. The van der Waals surface area contributed by atoms with Crippen LogP contribution < -0.4 is 0 Å². The van der Waals surface area contributed by atoms with Gasteiger partial charge in [0.2, 0.25) is 0 Å². The summed E-state index contributed by atoms with van der Waals surface area (Å²) in [4.78, 5) is 15.7. The van der Waals surface area contributed by atoms with Gasteiger partial charge in [-0.2, -0.15) is 0 Å². The molecule has 0 unspecified atom stereocenters. The standard InChI is InChI=1S/C17H18ClNO2/c18-16-8-5-14(6-9-16)7-10-17(20)21-12-2-4-15-3-1-11-19-13-15/h1,3,5-6,8-9,11,13H,2,4,7,10,12H2. The van der Waals surface area contributed by atoms with E-state index in [1.165, 1.54) is 0 Å². The molecular formula is C17H18ClNO2. The first-order valence-electron chi connectivity index (χ1n) is 7.03. The summed E-state index contributed by atoms with van der Waals surface area (Å²) in [6.45, 7) is 0.453. The second-order valence-corrected chi connectivity index (χ2v) is 5.25. The third kappa shape index (κ3) is 5.96. The average Bonchev–Trinajstić information content (AvgIpc) is 2.52. The van der Waals surface area contributed by atoms with Crippen LogP contribution in [0, 0.1) is 0 Å². The van der Waals surface area contributed by atoms with Crippen molar-refractivity contribution < 1.29 is 9.53 Å². The van der Waals surface area contributed by atoms with Crippen LogP contribution in [-0.2, 0) is 22.4 Å². The Balaban J connectivity index is 1.60. The zero-order valence-electron chi connectivity index (χ0n) is 11.8. The van der Waals surface area contributed by atoms with Crippen molar-refractivity contribution >= 4 is 17.6 Å². The molecule has 0 spiro atoms. The van der Waals surface area contributed by atoms with Crippen molar-refractivity contribution in [2.24, 2.45) is 0 Å². The highest BCUT2D eigenvalue weighted by molar-refractivity contribution is 6.30. The van der Waals surface area contributed by atoms with Gasteiger partial charge in [-0.15, -0.1) is 0 Å². The molecular weight excluding hydrogens is 286 g/mol. The van der Waals surface area contributed by atoms with Crippen LogP contribution in [0.1, 0.15) is 24.0 Å². The molecule has 21 heavy (non-hydrogen) atoms. The molecule has 1 aromatic heterocycles. The summed E-state index contributed by atoms with van der Waals surface area (Å²) >= 11 is 5.81. The minimum atomic E-state index is -0.156. The van der Waals surface area contributed by atoms with Crippen molar-refractivity contribution in [2.75, 3.05) is 6.61 Å². The van der Waals surface area contributed by atoms with E-state index in [0.717, 1.165) is 24.0 Å². The van der Waals surface area contributed by atoms with Crippen LogP contribution in [0.3, 0.4) is 0 Å². The summed E-state index contributed by atoms with van der Waals surface area (Å²) < 4.78 is 5.22. The molecule has 0 N–H and O–H groups in total. The maximum atomic E-state index is 11.6. The molecule has 110 valence electrons. The molecule has 0 saturated carbocycles. The molecule has 0 amide bonds. The Hall–Kier alpha value is -1.87. The monoisotopic (exact) mass is 303 g/mol. The van der Waals surface area contributed by atoms with Crippen molar-refractivity contribution in [1.29, 1.82) is 0 Å². The lowest BCUT2D eigenvalue weighted by atomic mass is 10.1. The Labute approximate surface area is 129 Å². The zero-order chi connectivity index (χ0) is 14.9. The van der Waals surface area contributed by atoms with E-state index in [1.807, 2.05) is 42.6 Å². The van der Waals surface area contributed by atoms with Crippen molar-refractivity contribution in [3.8, 4) is 0 Å². The summed E-state index contributed by atoms with van der Waals surface area (Å²) in [6.07, 6.45) is 6.35. The number of pyridine rings is 1. The summed E-state index contributed by atoms with van der Waals surface area (Å²) in [6, 6.07) is 11.4. The molecule has 0 atom stereocenters. The summed E-state index contributed by atoms with van der Waals surface area (Å²) in [5, 5.41) is 0.705. The van der Waals surface area contributed by atoms with E-state index in [-0.39, 0.29) is 5.97 Å². The second-order valence-electron chi connectivity index (χ2n) is 4.81. The molecule has 1 aromatic carbocycles. The number of benzene rings is 1. The van der Waals surface area contributed by atoms with Gasteiger partial charge in [0.1, 0.15) is 0 Å². The highest BCUT2D eigenvalue weighted by atomic mass is 35.5. The van der Waals surface area contributed by atoms with Gasteiger partial charge in [0.05, 0.1) is 6.61 Å². The zero-order valence-corrected chi connectivity index (χ0v) is 12.6. The van der Waals surface area contributed by atoms with Crippen LogP contribution in [0.4, 0.5) is 0 Å². The molecule has 0 aliphatic carbocycles. The van der Waals surface area contributed by atoms with Crippen molar-refractivity contribution in [1.82, 2.24) is 4.98 Å². The topological polar surface area (TPSA) is 39.2 Å². The Morgan fingerprint density at radius 2 is 1.90 bits per heavy atom. The van der Waals surface area contributed by atoms with Crippen molar-refractivity contribution in [2.45, 2.75) is 25.7 Å². The molecule has 2 aromatic rings. The van der Waals surface area contributed by atoms with E-state index in [1.54, 1.807) is 6.20 Å². The largest absolute Gasteiger partial charge is 0.466 e. The van der Waals surface area contributed by atoms with Gasteiger partial charge in [-0.3, -0.25) is 9.78 Å². The number of aryl methyl sites for hydroxylation is 2. The molecule has 1 heterocycles. The number of esters is 1. The normalized spacial score (nSPS) is 10.3. The Kier molecular flexibility index (Phi) is 6.22. The number of carbonyl (C=O) groups excluding carboxylic acids is 1. The van der Waals surface area contributed by atoms with Gasteiger partial charge in [0.15, 0.2) is 0 Å². The molecule has 2 rings (SSSR count). The van der Waals surface area contributed by atoms with Crippen LogP contribution in [0.5, 0.6) is 0 Å². The van der Waals surface area contributed by atoms with Crippen molar-refractivity contribution in [3.63, 3.8) is 0 Å². The van der Waals surface area contributed by atoms with Gasteiger partial charge in [-0.25, -0.2) is 0 Å². The molecule has 0 bridgehead atoms. The van der Waals surface area contributed by atoms with Gasteiger partial charge >= 0.3 is 5.97 Å². The van der Waals surface area contributed by atoms with E-state index in [9.17, 15) is 4.79 Å². The van der Waals surface area contributed by atoms with Crippen LogP contribution in [-0.4, -0.2) is 17.6 Å². The summed E-state index contributed by atoms with van der Waals surface area (Å²) in [7, 11) is 0. The highest BCUT2D eigenvalue weighted by Gasteiger charge is 2.04. The van der Waals surface area contributed by atoms with E-state index >= 15 is 0 Å². The second kappa shape index (κ2) is 8.42. The SMILES string of the molecule is O=C(CCc1ccc(Cl)cc1)OCCCc1cccnc1. The maximum absolute atomic E-state index is 11.6. The van der Waals surface area contributed by atoms with Gasteiger partial charge in [0.25, 0.3) is 0 Å². The molecule has 0 saturated heterocycles. The number of carbonyl (C=O) groups is 1. The number of halogens is 1. The number of hydrogen-bond donors (Lipinski definition) is 0.